The molecule has 0 aliphatic carbocycles. The number of ether oxygens (including phenoxy) is 1. The van der Waals surface area contributed by atoms with Gasteiger partial charge in [-0.1, -0.05) is 36.4 Å². The number of pyridine rings is 1. The summed E-state index contributed by atoms with van der Waals surface area (Å²) in [6, 6.07) is 20.5. The first-order valence-corrected chi connectivity index (χ1v) is 7.98. The summed E-state index contributed by atoms with van der Waals surface area (Å²) in [7, 11) is 0. The highest BCUT2D eigenvalue weighted by atomic mass is 19.1. The quantitative estimate of drug-likeness (QED) is 0.726. The van der Waals surface area contributed by atoms with Crippen LogP contribution < -0.4 is 10.1 Å². The number of benzene rings is 2. The number of quaternary nitrogens is 1. The van der Waals surface area contributed by atoms with Gasteiger partial charge < -0.3 is 10.1 Å². The number of hydrogen-bond donors (Lipinski definition) is 1. The molecule has 0 saturated carbocycles. The first-order chi connectivity index (χ1) is 11.8. The minimum absolute atomic E-state index is 0.230. The molecule has 0 spiro atoms. The zero-order valence-corrected chi connectivity index (χ0v) is 13.4. The van der Waals surface area contributed by atoms with Crippen LogP contribution in [0.4, 0.5) is 4.39 Å². The maximum absolute atomic E-state index is 13.6. The number of hydrogen-bond acceptors (Lipinski definition) is 2. The standard InChI is InChI=1S/C20H19FN2O/c21-20-10-2-1-7-17(20)15-24-19-9-5-6-16(12-19)13-22-14-18-8-3-4-11-23-18/h1-12,22H,13-15H2/p+1. The molecule has 0 unspecified atom stereocenters. The fraction of sp³-hybridized carbons (Fsp3) is 0.150. The molecule has 1 aromatic heterocycles. The van der Waals surface area contributed by atoms with E-state index < -0.39 is 0 Å². The monoisotopic (exact) mass is 323 g/mol. The second-order valence-electron chi connectivity index (χ2n) is 5.55. The van der Waals surface area contributed by atoms with Gasteiger partial charge in [-0.25, -0.2) is 4.39 Å². The fourth-order valence-electron chi connectivity index (χ4n) is 2.44. The summed E-state index contributed by atoms with van der Waals surface area (Å²) < 4.78 is 19.3. The van der Waals surface area contributed by atoms with Crippen LogP contribution in [0.5, 0.6) is 5.75 Å². The maximum atomic E-state index is 13.6. The molecule has 2 N–H and O–H groups in total. The lowest BCUT2D eigenvalue weighted by Crippen LogP contribution is -2.80. The molecule has 0 radical (unpaired) electrons. The highest BCUT2D eigenvalue weighted by Crippen LogP contribution is 2.16. The van der Waals surface area contributed by atoms with Gasteiger partial charge >= 0.3 is 0 Å². The fourth-order valence-corrected chi connectivity index (χ4v) is 2.44. The third-order valence-corrected chi connectivity index (χ3v) is 3.71. The molecule has 1 heterocycles. The van der Waals surface area contributed by atoms with Gasteiger partial charge in [-0.05, 0) is 30.3 Å². The van der Waals surface area contributed by atoms with E-state index in [1.165, 1.54) is 6.07 Å². The molecule has 122 valence electrons. The molecule has 3 aromatic rings. The smallest absolute Gasteiger partial charge is 0.129 e. The van der Waals surface area contributed by atoms with Gasteiger partial charge in [0, 0.05) is 17.3 Å². The van der Waals surface area contributed by atoms with Crippen LogP contribution in [0.1, 0.15) is 16.8 Å². The Hall–Kier alpha value is -2.72. The normalized spacial score (nSPS) is 10.5. The number of halogens is 1. The molecule has 0 bridgehead atoms. The van der Waals surface area contributed by atoms with Crippen LogP contribution >= 0.6 is 0 Å². The molecule has 4 heteroatoms. The van der Waals surface area contributed by atoms with Crippen molar-refractivity contribution in [2.75, 3.05) is 0 Å². The Balaban J connectivity index is 1.53. The Bertz CT molecular complexity index is 777. The van der Waals surface area contributed by atoms with E-state index in [0.29, 0.717) is 5.56 Å². The van der Waals surface area contributed by atoms with Crippen molar-refractivity contribution >= 4 is 0 Å². The summed E-state index contributed by atoms with van der Waals surface area (Å²) in [5.41, 5.74) is 2.78. The van der Waals surface area contributed by atoms with Crippen molar-refractivity contribution in [3.05, 3.63) is 95.6 Å². The second-order valence-corrected chi connectivity index (χ2v) is 5.55. The van der Waals surface area contributed by atoms with Crippen LogP contribution in [-0.4, -0.2) is 4.98 Å². The maximum Gasteiger partial charge on any atom is 0.129 e. The van der Waals surface area contributed by atoms with Gasteiger partial charge in [-0.2, -0.15) is 0 Å². The van der Waals surface area contributed by atoms with Crippen LogP contribution in [-0.2, 0) is 19.7 Å². The number of aromatic nitrogens is 1. The summed E-state index contributed by atoms with van der Waals surface area (Å²) in [6.07, 6.45) is 1.81. The van der Waals surface area contributed by atoms with E-state index in [-0.39, 0.29) is 12.4 Å². The summed E-state index contributed by atoms with van der Waals surface area (Å²) in [5, 5.41) is 2.19. The van der Waals surface area contributed by atoms with E-state index in [9.17, 15) is 4.39 Å². The first-order valence-electron chi connectivity index (χ1n) is 7.98. The van der Waals surface area contributed by atoms with E-state index in [1.807, 2.05) is 42.5 Å². The number of nitrogens with zero attached hydrogens (tertiary/aromatic N) is 1. The first kappa shape index (κ1) is 16.1. The van der Waals surface area contributed by atoms with E-state index in [4.69, 9.17) is 4.74 Å². The lowest BCUT2D eigenvalue weighted by Gasteiger charge is -2.08. The predicted molar refractivity (Wildman–Crippen MR) is 90.7 cm³/mol. The van der Waals surface area contributed by atoms with Crippen LogP contribution in [0.2, 0.25) is 0 Å². The third kappa shape index (κ3) is 4.64. The van der Waals surface area contributed by atoms with Gasteiger partial charge in [-0.15, -0.1) is 0 Å². The van der Waals surface area contributed by atoms with E-state index in [2.05, 4.69) is 16.4 Å². The van der Waals surface area contributed by atoms with Crippen LogP contribution in [0.15, 0.2) is 72.9 Å². The number of nitrogens with two attached hydrogens (primary N) is 1. The van der Waals surface area contributed by atoms with Crippen LogP contribution in [0.3, 0.4) is 0 Å². The predicted octanol–water partition coefficient (Wildman–Crippen LogP) is 3.06. The zero-order valence-electron chi connectivity index (χ0n) is 13.4. The van der Waals surface area contributed by atoms with E-state index >= 15 is 0 Å². The average molecular weight is 323 g/mol. The van der Waals surface area contributed by atoms with Crippen molar-refractivity contribution in [2.24, 2.45) is 0 Å². The Labute approximate surface area is 141 Å². The van der Waals surface area contributed by atoms with Gasteiger partial charge in [0.15, 0.2) is 0 Å². The van der Waals surface area contributed by atoms with Crippen LogP contribution in [0, 0.1) is 5.82 Å². The molecule has 0 aliphatic heterocycles. The minimum Gasteiger partial charge on any atom is -0.489 e. The lowest BCUT2D eigenvalue weighted by molar-refractivity contribution is -0.686. The molecular weight excluding hydrogens is 303 g/mol. The summed E-state index contributed by atoms with van der Waals surface area (Å²) in [5.74, 6) is 0.513. The molecule has 0 fully saturated rings. The largest absolute Gasteiger partial charge is 0.489 e. The van der Waals surface area contributed by atoms with Crippen molar-refractivity contribution in [1.82, 2.24) is 4.98 Å². The molecule has 3 nitrogen and oxygen atoms in total. The van der Waals surface area contributed by atoms with Crippen molar-refractivity contribution in [3.63, 3.8) is 0 Å². The Morgan fingerprint density at radius 3 is 2.62 bits per heavy atom. The second kappa shape index (κ2) is 8.22. The van der Waals surface area contributed by atoms with Gasteiger partial charge in [0.25, 0.3) is 0 Å². The van der Waals surface area contributed by atoms with Gasteiger partial charge in [0.2, 0.25) is 0 Å². The van der Waals surface area contributed by atoms with Crippen LogP contribution in [0.25, 0.3) is 0 Å². The molecule has 0 amide bonds. The third-order valence-electron chi connectivity index (χ3n) is 3.71. The summed E-state index contributed by atoms with van der Waals surface area (Å²) in [6.45, 7) is 1.91. The van der Waals surface area contributed by atoms with Crippen molar-refractivity contribution in [1.29, 1.82) is 0 Å². The Morgan fingerprint density at radius 1 is 0.917 bits per heavy atom. The average Bonchev–Trinajstić information content (AvgIpc) is 2.62. The number of rotatable bonds is 7. The molecule has 0 atom stereocenters. The Kier molecular flexibility index (Phi) is 5.53. The van der Waals surface area contributed by atoms with Gasteiger partial charge in [0.1, 0.15) is 31.3 Å². The van der Waals surface area contributed by atoms with Crippen molar-refractivity contribution in [3.8, 4) is 5.75 Å². The molecule has 2 aromatic carbocycles. The van der Waals surface area contributed by atoms with Crippen molar-refractivity contribution in [2.45, 2.75) is 19.7 Å². The lowest BCUT2D eigenvalue weighted by atomic mass is 10.2. The summed E-state index contributed by atoms with van der Waals surface area (Å²) in [4.78, 5) is 4.31. The molecule has 0 aliphatic rings. The van der Waals surface area contributed by atoms with Gasteiger partial charge in [0.05, 0.1) is 5.69 Å². The molecule has 24 heavy (non-hydrogen) atoms. The van der Waals surface area contributed by atoms with Gasteiger partial charge in [-0.3, -0.25) is 4.98 Å². The van der Waals surface area contributed by atoms with E-state index in [0.717, 1.165) is 30.1 Å². The highest BCUT2D eigenvalue weighted by Gasteiger charge is 2.04. The highest BCUT2D eigenvalue weighted by molar-refractivity contribution is 5.28. The van der Waals surface area contributed by atoms with Crippen molar-refractivity contribution < 1.29 is 14.4 Å². The van der Waals surface area contributed by atoms with E-state index in [1.54, 1.807) is 18.3 Å². The minimum atomic E-state index is -0.239. The zero-order chi connectivity index (χ0) is 16.6. The topological polar surface area (TPSA) is 38.7 Å². The molecule has 0 saturated heterocycles. The SMILES string of the molecule is Fc1ccccc1COc1cccc(C[NH2+]Cc2ccccn2)c1. The summed E-state index contributed by atoms with van der Waals surface area (Å²) >= 11 is 0. The molecular formula is C20H20FN2O+. The Morgan fingerprint density at radius 2 is 1.79 bits per heavy atom. The molecule has 3 rings (SSSR count).